The smallest absolute Gasteiger partial charge is 0.307 e. The minimum atomic E-state index is -0.881. The number of carbonyl (C=O) groups excluding carboxylic acids is 1. The average molecular weight is 311 g/mol. The van der Waals surface area contributed by atoms with Gasteiger partial charge in [0.05, 0.1) is 6.42 Å². The Hall–Kier alpha value is -3.15. The van der Waals surface area contributed by atoms with Crippen LogP contribution in [0.2, 0.25) is 0 Å². The fraction of sp³-hybridized carbons (Fsp3) is 0.118. The topological polar surface area (TPSA) is 116 Å². The summed E-state index contributed by atoms with van der Waals surface area (Å²) in [7, 11) is 0. The van der Waals surface area contributed by atoms with Crippen molar-refractivity contribution < 1.29 is 14.7 Å². The third-order valence-electron chi connectivity index (χ3n) is 3.23. The lowest BCUT2D eigenvalue weighted by Crippen LogP contribution is -2.20. The fourth-order valence-electron chi connectivity index (χ4n) is 2.13. The van der Waals surface area contributed by atoms with E-state index in [1.165, 1.54) is 0 Å². The Kier molecular flexibility index (Phi) is 5.09. The van der Waals surface area contributed by atoms with E-state index < -0.39 is 5.97 Å². The number of hydrogen-bond donors (Lipinski definition) is 4. The zero-order valence-electron chi connectivity index (χ0n) is 12.4. The third kappa shape index (κ3) is 4.96. The number of carbonyl (C=O) groups is 2. The van der Waals surface area contributed by atoms with Crippen molar-refractivity contribution in [1.82, 2.24) is 0 Å². The van der Waals surface area contributed by atoms with Crippen LogP contribution in [-0.4, -0.2) is 22.8 Å². The minimum Gasteiger partial charge on any atom is -0.481 e. The molecule has 2 aromatic rings. The van der Waals surface area contributed by atoms with Crippen LogP contribution < -0.4 is 11.1 Å². The summed E-state index contributed by atoms with van der Waals surface area (Å²) in [5, 5.41) is 18.5. The molecule has 0 unspecified atom stereocenters. The van der Waals surface area contributed by atoms with Gasteiger partial charge in [-0.15, -0.1) is 0 Å². The monoisotopic (exact) mass is 311 g/mol. The van der Waals surface area contributed by atoms with Gasteiger partial charge in [-0.3, -0.25) is 15.0 Å². The maximum atomic E-state index is 12.2. The first-order chi connectivity index (χ1) is 10.9. The second kappa shape index (κ2) is 7.22. The second-order valence-electron chi connectivity index (χ2n) is 5.10. The Morgan fingerprint density at radius 3 is 1.96 bits per heavy atom. The maximum absolute atomic E-state index is 12.2. The highest BCUT2D eigenvalue weighted by atomic mass is 16.4. The molecule has 0 aromatic heterocycles. The molecule has 2 rings (SSSR count). The van der Waals surface area contributed by atoms with Gasteiger partial charge < -0.3 is 16.2 Å². The molecule has 6 nitrogen and oxygen atoms in total. The first-order valence-electron chi connectivity index (χ1n) is 6.98. The molecule has 0 saturated carbocycles. The molecule has 0 spiro atoms. The lowest BCUT2D eigenvalue weighted by Gasteiger charge is -2.06. The number of guanidine groups is 1. The summed E-state index contributed by atoms with van der Waals surface area (Å²) >= 11 is 0. The third-order valence-corrected chi connectivity index (χ3v) is 3.23. The molecule has 0 aliphatic heterocycles. The molecular formula is C17H17N3O3. The number of hydrogen-bond acceptors (Lipinski definition) is 3. The lowest BCUT2D eigenvalue weighted by atomic mass is 10.0. The van der Waals surface area contributed by atoms with Gasteiger partial charge in [-0.25, -0.2) is 0 Å². The van der Waals surface area contributed by atoms with E-state index in [0.717, 1.165) is 5.56 Å². The molecule has 5 N–H and O–H groups in total. The van der Waals surface area contributed by atoms with Gasteiger partial charge in [0, 0.05) is 17.7 Å². The van der Waals surface area contributed by atoms with E-state index in [-0.39, 0.29) is 24.6 Å². The molecule has 6 heteroatoms. The number of nitrogens with two attached hydrogens (primary N) is 1. The molecule has 0 aliphatic rings. The van der Waals surface area contributed by atoms with Crippen molar-refractivity contribution >= 4 is 23.4 Å². The van der Waals surface area contributed by atoms with Gasteiger partial charge in [0.1, 0.15) is 0 Å². The predicted octanol–water partition coefficient (Wildman–Crippen LogP) is 2.04. The number of carboxylic acid groups (broad SMARTS) is 1. The summed E-state index contributed by atoms with van der Waals surface area (Å²) in [4.78, 5) is 22.9. The summed E-state index contributed by atoms with van der Waals surface area (Å²) in [5.41, 5.74) is 7.98. The van der Waals surface area contributed by atoms with Gasteiger partial charge in [-0.05, 0) is 35.4 Å². The standard InChI is InChI=1S/C17H17N3O3/c18-17(19)20-14-7-5-13(6-8-14)15(21)9-11-1-3-12(4-2-11)10-16(22)23/h1-8H,9-10H2,(H,22,23)(H4,18,19,20). The van der Waals surface area contributed by atoms with Crippen molar-refractivity contribution in [3.05, 3.63) is 65.2 Å². The first-order valence-corrected chi connectivity index (χ1v) is 6.98. The van der Waals surface area contributed by atoms with E-state index >= 15 is 0 Å². The number of carboxylic acids is 1. The number of anilines is 1. The van der Waals surface area contributed by atoms with Crippen molar-refractivity contribution in [1.29, 1.82) is 5.41 Å². The maximum Gasteiger partial charge on any atom is 0.307 e. The zero-order valence-corrected chi connectivity index (χ0v) is 12.4. The molecule has 0 atom stereocenters. The van der Waals surface area contributed by atoms with Crippen LogP contribution in [0.5, 0.6) is 0 Å². The quantitative estimate of drug-likeness (QED) is 0.370. The van der Waals surface area contributed by atoms with Gasteiger partial charge in [-0.2, -0.15) is 0 Å². The Bertz CT molecular complexity index is 722. The van der Waals surface area contributed by atoms with E-state index in [1.807, 2.05) is 0 Å². The zero-order chi connectivity index (χ0) is 16.8. The molecule has 118 valence electrons. The highest BCUT2D eigenvalue weighted by Gasteiger charge is 2.08. The second-order valence-corrected chi connectivity index (χ2v) is 5.10. The molecule has 0 aliphatic carbocycles. The number of benzene rings is 2. The highest BCUT2D eigenvalue weighted by molar-refractivity contribution is 5.98. The van der Waals surface area contributed by atoms with Crippen molar-refractivity contribution in [3.8, 4) is 0 Å². The average Bonchev–Trinajstić information content (AvgIpc) is 2.49. The summed E-state index contributed by atoms with van der Waals surface area (Å²) in [6.07, 6.45) is 0.214. The summed E-state index contributed by atoms with van der Waals surface area (Å²) in [6, 6.07) is 13.7. The fourth-order valence-corrected chi connectivity index (χ4v) is 2.13. The molecule has 0 bridgehead atoms. The van der Waals surface area contributed by atoms with Crippen LogP contribution >= 0.6 is 0 Å². The lowest BCUT2D eigenvalue weighted by molar-refractivity contribution is -0.136. The molecule has 23 heavy (non-hydrogen) atoms. The van der Waals surface area contributed by atoms with Crippen LogP contribution in [-0.2, 0) is 17.6 Å². The largest absolute Gasteiger partial charge is 0.481 e. The molecule has 0 saturated heterocycles. The van der Waals surface area contributed by atoms with Gasteiger partial charge in [0.2, 0.25) is 0 Å². The van der Waals surface area contributed by atoms with Crippen molar-refractivity contribution in [2.24, 2.45) is 5.73 Å². The van der Waals surface area contributed by atoms with Gasteiger partial charge in [0.25, 0.3) is 0 Å². The Morgan fingerprint density at radius 1 is 0.957 bits per heavy atom. The first kappa shape index (κ1) is 16.2. The molecule has 2 aromatic carbocycles. The van der Waals surface area contributed by atoms with E-state index in [9.17, 15) is 9.59 Å². The molecule has 0 amide bonds. The van der Waals surface area contributed by atoms with E-state index in [0.29, 0.717) is 16.8 Å². The van der Waals surface area contributed by atoms with Crippen LogP contribution in [0, 0.1) is 5.41 Å². The SMILES string of the molecule is N=C(N)Nc1ccc(C(=O)Cc2ccc(CC(=O)O)cc2)cc1. The van der Waals surface area contributed by atoms with Crippen molar-refractivity contribution in [2.75, 3.05) is 5.32 Å². The van der Waals surface area contributed by atoms with Gasteiger partial charge in [-0.1, -0.05) is 24.3 Å². The Labute approximate surface area is 133 Å². The summed E-state index contributed by atoms with van der Waals surface area (Å²) < 4.78 is 0. The molecule has 0 radical (unpaired) electrons. The normalized spacial score (nSPS) is 10.1. The predicted molar refractivity (Wildman–Crippen MR) is 87.8 cm³/mol. The van der Waals surface area contributed by atoms with Gasteiger partial charge in [0.15, 0.2) is 11.7 Å². The van der Waals surface area contributed by atoms with Crippen LogP contribution in [0.4, 0.5) is 5.69 Å². The summed E-state index contributed by atoms with van der Waals surface area (Å²) in [5.74, 6) is -1.08. The number of rotatable bonds is 6. The van der Waals surface area contributed by atoms with Crippen LogP contribution in [0.15, 0.2) is 48.5 Å². The van der Waals surface area contributed by atoms with Crippen LogP contribution in [0.25, 0.3) is 0 Å². The number of aliphatic carboxylic acids is 1. The molecule has 0 fully saturated rings. The number of nitrogens with one attached hydrogen (secondary N) is 2. The van der Waals surface area contributed by atoms with E-state index in [1.54, 1.807) is 48.5 Å². The Morgan fingerprint density at radius 2 is 1.48 bits per heavy atom. The van der Waals surface area contributed by atoms with Crippen molar-refractivity contribution in [3.63, 3.8) is 0 Å². The van der Waals surface area contributed by atoms with E-state index in [4.69, 9.17) is 16.2 Å². The highest BCUT2D eigenvalue weighted by Crippen LogP contribution is 2.13. The molecular weight excluding hydrogens is 294 g/mol. The van der Waals surface area contributed by atoms with E-state index in [2.05, 4.69) is 5.32 Å². The Balaban J connectivity index is 2.01. The minimum absolute atomic E-state index is 0.0289. The van der Waals surface area contributed by atoms with Crippen molar-refractivity contribution in [2.45, 2.75) is 12.8 Å². The number of ketones is 1. The van der Waals surface area contributed by atoms with Gasteiger partial charge >= 0.3 is 5.97 Å². The molecule has 0 heterocycles. The number of Topliss-reactive ketones (excluding diaryl/α,β-unsaturated/α-hetero) is 1. The van der Waals surface area contributed by atoms with Crippen LogP contribution in [0.1, 0.15) is 21.5 Å². The van der Waals surface area contributed by atoms with Crippen LogP contribution in [0.3, 0.4) is 0 Å². The summed E-state index contributed by atoms with van der Waals surface area (Å²) in [6.45, 7) is 0.